The van der Waals surface area contributed by atoms with E-state index in [0.717, 1.165) is 25.2 Å². The number of rotatable bonds is 4. The maximum atomic E-state index is 13.2. The molecule has 4 rings (SSSR count). The van der Waals surface area contributed by atoms with Crippen LogP contribution < -0.4 is 4.90 Å². The highest BCUT2D eigenvalue weighted by molar-refractivity contribution is 7.89. The molecular weight excluding hydrogens is 410 g/mol. The molecule has 0 saturated carbocycles. The molecule has 2 heterocycles. The molecule has 2 aliphatic rings. The molecule has 0 aliphatic carbocycles. The lowest BCUT2D eigenvalue weighted by molar-refractivity contribution is 0.0746. The third-order valence-electron chi connectivity index (χ3n) is 6.24. The van der Waals surface area contributed by atoms with Crippen LogP contribution in [0.3, 0.4) is 0 Å². The maximum absolute atomic E-state index is 13.2. The highest BCUT2D eigenvalue weighted by Gasteiger charge is 2.32. The molecule has 0 unspecified atom stereocenters. The molecule has 31 heavy (non-hydrogen) atoms. The SMILES string of the molecule is C[C@@H]1C[C@@H](C)CN(S(=O)(=O)c2cccc(C(=O)N3CCN(c4ccccc4)CC3)c2)C1. The molecule has 1 amide bonds. The van der Waals surface area contributed by atoms with Crippen LogP contribution in [0.1, 0.15) is 30.6 Å². The van der Waals surface area contributed by atoms with Crippen molar-refractivity contribution in [3.8, 4) is 0 Å². The van der Waals surface area contributed by atoms with E-state index < -0.39 is 10.0 Å². The number of nitrogens with zero attached hydrogens (tertiary/aromatic N) is 3. The van der Waals surface area contributed by atoms with Crippen molar-refractivity contribution >= 4 is 21.6 Å². The van der Waals surface area contributed by atoms with Gasteiger partial charge in [0, 0.05) is 50.5 Å². The van der Waals surface area contributed by atoms with E-state index in [1.54, 1.807) is 28.6 Å². The van der Waals surface area contributed by atoms with Crippen LogP contribution in [0.25, 0.3) is 0 Å². The molecule has 2 aromatic carbocycles. The average molecular weight is 442 g/mol. The Hall–Kier alpha value is -2.38. The summed E-state index contributed by atoms with van der Waals surface area (Å²) in [6, 6.07) is 16.7. The Kier molecular flexibility index (Phi) is 6.34. The van der Waals surface area contributed by atoms with Gasteiger partial charge in [-0.3, -0.25) is 4.79 Å². The second kappa shape index (κ2) is 9.01. The molecule has 2 fully saturated rings. The lowest BCUT2D eigenvalue weighted by Crippen LogP contribution is -2.48. The zero-order valence-corrected chi connectivity index (χ0v) is 19.1. The number of carbonyl (C=O) groups excluding carboxylic acids is 1. The van der Waals surface area contributed by atoms with Crippen LogP contribution in [0.5, 0.6) is 0 Å². The largest absolute Gasteiger partial charge is 0.368 e. The Balaban J connectivity index is 1.46. The number of hydrogen-bond donors (Lipinski definition) is 0. The second-order valence-corrected chi connectivity index (χ2v) is 10.8. The summed E-state index contributed by atoms with van der Waals surface area (Å²) in [5, 5.41) is 0. The Morgan fingerprint density at radius 2 is 1.52 bits per heavy atom. The Morgan fingerprint density at radius 3 is 2.16 bits per heavy atom. The summed E-state index contributed by atoms with van der Waals surface area (Å²) in [6.07, 6.45) is 1.04. The summed E-state index contributed by atoms with van der Waals surface area (Å²) in [7, 11) is -3.61. The van der Waals surface area contributed by atoms with Gasteiger partial charge in [-0.05, 0) is 48.6 Å². The van der Waals surface area contributed by atoms with Crippen molar-refractivity contribution < 1.29 is 13.2 Å². The van der Waals surface area contributed by atoms with Crippen LogP contribution in [0.4, 0.5) is 5.69 Å². The average Bonchev–Trinajstić information content (AvgIpc) is 2.79. The molecule has 166 valence electrons. The Bertz CT molecular complexity index is 1010. The maximum Gasteiger partial charge on any atom is 0.254 e. The summed E-state index contributed by atoms with van der Waals surface area (Å²) in [5.74, 6) is 0.568. The summed E-state index contributed by atoms with van der Waals surface area (Å²) in [6.45, 7) is 8.01. The van der Waals surface area contributed by atoms with Gasteiger partial charge in [-0.25, -0.2) is 8.42 Å². The molecule has 2 aromatic rings. The fraction of sp³-hybridized carbons (Fsp3) is 0.458. The van der Waals surface area contributed by atoms with Crippen molar-refractivity contribution in [2.24, 2.45) is 11.8 Å². The predicted molar refractivity (Wildman–Crippen MR) is 123 cm³/mol. The van der Waals surface area contributed by atoms with Crippen molar-refractivity contribution in [2.75, 3.05) is 44.2 Å². The molecule has 0 N–H and O–H groups in total. The van der Waals surface area contributed by atoms with Gasteiger partial charge in [-0.1, -0.05) is 38.1 Å². The van der Waals surface area contributed by atoms with E-state index in [1.165, 1.54) is 0 Å². The molecule has 0 bridgehead atoms. The van der Waals surface area contributed by atoms with Gasteiger partial charge in [-0.15, -0.1) is 0 Å². The first-order chi connectivity index (χ1) is 14.8. The van der Waals surface area contributed by atoms with Gasteiger partial charge in [0.15, 0.2) is 0 Å². The van der Waals surface area contributed by atoms with Gasteiger partial charge in [0.05, 0.1) is 4.90 Å². The van der Waals surface area contributed by atoms with E-state index in [-0.39, 0.29) is 10.8 Å². The van der Waals surface area contributed by atoms with Crippen LogP contribution in [0.15, 0.2) is 59.5 Å². The minimum Gasteiger partial charge on any atom is -0.368 e. The first kappa shape index (κ1) is 21.8. The van der Waals surface area contributed by atoms with Gasteiger partial charge in [0.2, 0.25) is 10.0 Å². The minimum absolute atomic E-state index is 0.106. The fourth-order valence-electron chi connectivity index (χ4n) is 4.73. The van der Waals surface area contributed by atoms with Crippen LogP contribution >= 0.6 is 0 Å². The molecule has 2 atom stereocenters. The normalized spacial score (nSPS) is 23.0. The number of hydrogen-bond acceptors (Lipinski definition) is 4. The number of piperidine rings is 1. The number of carbonyl (C=O) groups is 1. The smallest absolute Gasteiger partial charge is 0.254 e. The zero-order chi connectivity index (χ0) is 22.0. The summed E-state index contributed by atoms with van der Waals surface area (Å²) >= 11 is 0. The van der Waals surface area contributed by atoms with Gasteiger partial charge in [0.1, 0.15) is 0 Å². The lowest BCUT2D eigenvalue weighted by atomic mass is 9.94. The second-order valence-electron chi connectivity index (χ2n) is 8.91. The number of para-hydroxylation sites is 1. The Labute approximate surface area is 185 Å². The van der Waals surface area contributed by atoms with E-state index in [4.69, 9.17) is 0 Å². The third-order valence-corrected chi connectivity index (χ3v) is 8.07. The van der Waals surface area contributed by atoms with Gasteiger partial charge in [-0.2, -0.15) is 4.31 Å². The van der Waals surface area contributed by atoms with E-state index in [1.807, 2.05) is 23.1 Å². The molecule has 0 spiro atoms. The summed E-state index contributed by atoms with van der Waals surface area (Å²) < 4.78 is 28.0. The Morgan fingerprint density at radius 1 is 0.871 bits per heavy atom. The highest BCUT2D eigenvalue weighted by atomic mass is 32.2. The van der Waals surface area contributed by atoms with Gasteiger partial charge < -0.3 is 9.80 Å². The number of sulfonamides is 1. The first-order valence-electron chi connectivity index (χ1n) is 11.0. The quantitative estimate of drug-likeness (QED) is 0.730. The van der Waals surface area contributed by atoms with E-state index in [2.05, 4.69) is 30.9 Å². The van der Waals surface area contributed by atoms with Crippen molar-refractivity contribution in [3.05, 3.63) is 60.2 Å². The van der Waals surface area contributed by atoms with Crippen molar-refractivity contribution in [1.29, 1.82) is 0 Å². The van der Waals surface area contributed by atoms with E-state index in [9.17, 15) is 13.2 Å². The fourth-order valence-corrected chi connectivity index (χ4v) is 6.46. The van der Waals surface area contributed by atoms with E-state index >= 15 is 0 Å². The van der Waals surface area contributed by atoms with Gasteiger partial charge in [0.25, 0.3) is 5.91 Å². The molecule has 2 aliphatic heterocycles. The minimum atomic E-state index is -3.61. The first-order valence-corrected chi connectivity index (χ1v) is 12.5. The van der Waals surface area contributed by atoms with Crippen LogP contribution in [-0.4, -0.2) is 62.8 Å². The molecule has 0 aromatic heterocycles. The number of piperazine rings is 1. The third kappa shape index (κ3) is 4.77. The standard InChI is InChI=1S/C24H31N3O3S/c1-19-15-20(2)18-27(17-19)31(29,30)23-10-6-7-21(16-23)24(28)26-13-11-25(12-14-26)22-8-4-3-5-9-22/h3-10,16,19-20H,11-15,17-18H2,1-2H3/t19-,20-/m1/s1. The van der Waals surface area contributed by atoms with Crippen molar-refractivity contribution in [1.82, 2.24) is 9.21 Å². The molecule has 6 nitrogen and oxygen atoms in total. The van der Waals surface area contributed by atoms with Gasteiger partial charge >= 0.3 is 0 Å². The topological polar surface area (TPSA) is 60.9 Å². The zero-order valence-electron chi connectivity index (χ0n) is 18.3. The number of anilines is 1. The van der Waals surface area contributed by atoms with Crippen LogP contribution in [-0.2, 0) is 10.0 Å². The van der Waals surface area contributed by atoms with E-state index in [0.29, 0.717) is 43.6 Å². The van der Waals surface area contributed by atoms with Crippen molar-refractivity contribution in [2.45, 2.75) is 25.2 Å². The molecule has 7 heteroatoms. The monoisotopic (exact) mass is 441 g/mol. The van der Waals surface area contributed by atoms with Crippen LogP contribution in [0, 0.1) is 11.8 Å². The molecule has 2 saturated heterocycles. The predicted octanol–water partition coefficient (Wildman–Crippen LogP) is 3.32. The highest BCUT2D eigenvalue weighted by Crippen LogP contribution is 2.27. The number of amides is 1. The molecular formula is C24H31N3O3S. The van der Waals surface area contributed by atoms with Crippen molar-refractivity contribution in [3.63, 3.8) is 0 Å². The van der Waals surface area contributed by atoms with Crippen LogP contribution in [0.2, 0.25) is 0 Å². The summed E-state index contributed by atoms with van der Waals surface area (Å²) in [5.41, 5.74) is 1.60. The summed E-state index contributed by atoms with van der Waals surface area (Å²) in [4.78, 5) is 17.4. The molecule has 0 radical (unpaired) electrons. The number of benzene rings is 2. The lowest BCUT2D eigenvalue weighted by Gasteiger charge is -2.36.